The Morgan fingerprint density at radius 3 is 1.22 bits per heavy atom. The largest absolute Gasteiger partial charge is 0.476 e. The third-order valence-electron chi connectivity index (χ3n) is 8.93. The zero-order valence-corrected chi connectivity index (χ0v) is 40.8. The molecule has 1 aromatic rings. The topological polar surface area (TPSA) is 71.1 Å². The highest BCUT2D eigenvalue weighted by Gasteiger charge is 2.46. The summed E-state index contributed by atoms with van der Waals surface area (Å²) < 4.78 is 49.2. The van der Waals surface area contributed by atoms with Crippen LogP contribution in [0.3, 0.4) is 0 Å². The van der Waals surface area contributed by atoms with E-state index in [4.69, 9.17) is 18.1 Å². The first-order chi connectivity index (χ1) is 24.6. The zero-order valence-electron chi connectivity index (χ0n) is 38.7. The van der Waals surface area contributed by atoms with Crippen LogP contribution in [0.4, 0.5) is 0 Å². The van der Waals surface area contributed by atoms with Gasteiger partial charge in [0, 0.05) is 0 Å². The van der Waals surface area contributed by atoms with Crippen molar-refractivity contribution in [1.82, 2.24) is 0 Å². The fourth-order valence-electron chi connectivity index (χ4n) is 8.36. The highest BCUT2D eigenvalue weighted by atomic mass is 31.2. The van der Waals surface area contributed by atoms with E-state index in [1.54, 1.807) is 0 Å². The van der Waals surface area contributed by atoms with Gasteiger partial charge in [-0.2, -0.15) is 0 Å². The lowest BCUT2D eigenvalue weighted by Gasteiger charge is -2.42. The summed E-state index contributed by atoms with van der Waals surface area (Å²) in [5.41, 5.74) is 0.850. The second-order valence-corrected chi connectivity index (χ2v) is 23.2. The van der Waals surface area contributed by atoms with E-state index < -0.39 is 33.3 Å². The van der Waals surface area contributed by atoms with E-state index in [1.165, 1.54) is 88.2 Å². The summed E-state index contributed by atoms with van der Waals surface area (Å²) in [5.74, 6) is 0.863. The molecule has 0 fully saturated rings. The molecule has 0 heterocycles. The van der Waals surface area contributed by atoms with Gasteiger partial charge in [-0.25, -0.2) is 4.57 Å². The number of unbranched alkanes of at least 4 members (excludes halogenated alkanes) is 10. The average Bonchev–Trinajstić information content (AvgIpc) is 2.92. The van der Waals surface area contributed by atoms with Crippen molar-refractivity contribution in [3.05, 3.63) is 29.3 Å². The van der Waals surface area contributed by atoms with Crippen LogP contribution in [0.25, 0.3) is 0 Å². The molecule has 1 aromatic carbocycles. The minimum Gasteiger partial charge on any atom is -0.447 e. The summed E-state index contributed by atoms with van der Waals surface area (Å²) in [6.07, 6.45) is 20.2. The number of rotatable bonds is 25. The van der Waals surface area contributed by atoms with E-state index in [0.717, 1.165) is 37.9 Å². The van der Waals surface area contributed by atoms with E-state index >= 15 is 0 Å². The molecule has 0 N–H and O–H groups in total. The molecular formula is C46H90O6P2. The molecule has 0 radical (unpaired) electrons. The molecule has 0 aliphatic rings. The van der Waals surface area contributed by atoms with Gasteiger partial charge >= 0.3 is 7.82 Å². The number of benzene rings is 1. The van der Waals surface area contributed by atoms with Crippen LogP contribution in [0.2, 0.25) is 0 Å². The lowest BCUT2D eigenvalue weighted by atomic mass is 9.84. The molecule has 0 saturated heterocycles. The molecule has 0 spiro atoms. The van der Waals surface area contributed by atoms with Crippen molar-refractivity contribution in [1.29, 1.82) is 0 Å². The predicted octanol–water partition coefficient (Wildman–Crippen LogP) is 16.3. The Hall–Kier alpha value is -0.640. The van der Waals surface area contributed by atoms with E-state index in [-0.39, 0.29) is 16.2 Å². The fraction of sp³-hybridized carbons (Fsp3) is 0.870. The van der Waals surface area contributed by atoms with Gasteiger partial charge in [-0.15, -0.1) is 0 Å². The molecular weight excluding hydrogens is 710 g/mol. The Morgan fingerprint density at radius 2 is 0.870 bits per heavy atom. The van der Waals surface area contributed by atoms with Gasteiger partial charge in [-0.05, 0) is 120 Å². The predicted molar refractivity (Wildman–Crippen MR) is 237 cm³/mol. The molecule has 1 atom stereocenters. The number of aryl methyl sites for hydroxylation is 1. The molecule has 6 nitrogen and oxygen atoms in total. The maximum Gasteiger partial charge on any atom is 0.476 e. The van der Waals surface area contributed by atoms with Crippen molar-refractivity contribution in [3.63, 3.8) is 0 Å². The third kappa shape index (κ3) is 27.9. The van der Waals surface area contributed by atoms with Crippen molar-refractivity contribution in [2.75, 3.05) is 0 Å². The van der Waals surface area contributed by atoms with Crippen LogP contribution in [0.1, 0.15) is 225 Å². The van der Waals surface area contributed by atoms with E-state index in [9.17, 15) is 9.13 Å². The Bertz CT molecular complexity index is 1140. The van der Waals surface area contributed by atoms with Gasteiger partial charge in [0.1, 0.15) is 5.75 Å². The maximum absolute atomic E-state index is 14.1. The average molecular weight is 801 g/mol. The molecule has 8 heteroatoms. The molecule has 0 aliphatic carbocycles. The maximum atomic E-state index is 14.1. The number of hydrogen-bond donors (Lipinski definition) is 0. The van der Waals surface area contributed by atoms with Crippen LogP contribution in [0.5, 0.6) is 5.75 Å². The number of phosphoric acid groups is 1. The molecule has 1 unspecified atom stereocenters. The Kier molecular flexibility index (Phi) is 24.0. The van der Waals surface area contributed by atoms with E-state index in [1.807, 2.05) is 47.6 Å². The van der Waals surface area contributed by atoms with Crippen LogP contribution in [-0.2, 0) is 35.5 Å². The molecule has 0 bridgehead atoms. The standard InChI is InChI=1S/C24H51O4P.C22H39O2P/c1-19(2,3)16-22(10,11)26-29(25,27-23(12,13)17-20(4,5)6)28-24(14,15)18-21(7,8)9;1-3-5-7-9-11-13-16-20-17-15-19-22(24-25-23)21(20)18-14-12-10-8-6-4-2/h16-18H2,1-15H3;15,17,19H,3-14,16,18,25H2,1-2H3. The highest BCUT2D eigenvalue weighted by molar-refractivity contribution is 7.48. The summed E-state index contributed by atoms with van der Waals surface area (Å²) in [6.45, 7) is 35.7. The first-order valence-corrected chi connectivity index (χ1v) is 23.9. The third-order valence-corrected chi connectivity index (χ3v) is 11.4. The normalized spacial score (nSPS) is 13.7. The summed E-state index contributed by atoms with van der Waals surface area (Å²) in [4.78, 5) is 0. The van der Waals surface area contributed by atoms with Gasteiger partial charge in [0.15, 0.2) is 0 Å². The molecule has 0 amide bonds. The van der Waals surface area contributed by atoms with Crippen LogP contribution < -0.4 is 4.52 Å². The summed E-state index contributed by atoms with van der Waals surface area (Å²) in [5, 5.41) is 0. The molecule has 0 aliphatic heterocycles. The van der Waals surface area contributed by atoms with Gasteiger partial charge in [0.2, 0.25) is 8.69 Å². The van der Waals surface area contributed by atoms with Gasteiger partial charge in [0.25, 0.3) is 0 Å². The number of hydrogen-bond acceptors (Lipinski definition) is 6. The molecule has 1 rings (SSSR count). The van der Waals surface area contributed by atoms with Gasteiger partial charge in [-0.1, -0.05) is 153 Å². The second kappa shape index (κ2) is 24.3. The van der Waals surface area contributed by atoms with Crippen LogP contribution in [0, 0.1) is 16.2 Å². The highest BCUT2D eigenvalue weighted by Crippen LogP contribution is 2.60. The van der Waals surface area contributed by atoms with Gasteiger partial charge in [-0.3, -0.25) is 18.1 Å². The monoisotopic (exact) mass is 801 g/mol. The quantitative estimate of drug-likeness (QED) is 0.0724. The minimum absolute atomic E-state index is 0.0240. The van der Waals surface area contributed by atoms with Crippen LogP contribution in [-0.4, -0.2) is 16.8 Å². The molecule has 54 heavy (non-hydrogen) atoms. The Labute approximate surface area is 337 Å². The summed E-state index contributed by atoms with van der Waals surface area (Å²) >= 11 is 0. The lowest BCUT2D eigenvalue weighted by molar-refractivity contribution is -0.0649. The summed E-state index contributed by atoms with van der Waals surface area (Å²) in [6, 6.07) is 6.29. The van der Waals surface area contributed by atoms with Crippen molar-refractivity contribution in [2.24, 2.45) is 16.2 Å². The number of phosphoric ester groups is 1. The Balaban J connectivity index is 0.00000105. The van der Waals surface area contributed by atoms with E-state index in [0.29, 0.717) is 0 Å². The minimum atomic E-state index is -3.84. The first-order valence-electron chi connectivity index (χ1n) is 21.5. The smallest absolute Gasteiger partial charge is 0.447 e. The van der Waals surface area contributed by atoms with Crippen molar-refractivity contribution in [3.8, 4) is 5.75 Å². The second-order valence-electron chi connectivity index (χ2n) is 21.4. The van der Waals surface area contributed by atoms with Crippen molar-refractivity contribution in [2.45, 2.75) is 244 Å². The van der Waals surface area contributed by atoms with Crippen LogP contribution in [0.15, 0.2) is 18.2 Å². The lowest BCUT2D eigenvalue weighted by Crippen LogP contribution is -2.37. The molecule has 0 saturated carbocycles. The Morgan fingerprint density at radius 1 is 0.519 bits per heavy atom. The van der Waals surface area contributed by atoms with E-state index in [2.05, 4.69) is 88.3 Å². The molecule has 0 aromatic heterocycles. The van der Waals surface area contributed by atoms with Crippen molar-refractivity contribution >= 4 is 16.5 Å². The van der Waals surface area contributed by atoms with Crippen molar-refractivity contribution < 1.29 is 27.2 Å². The first kappa shape index (κ1) is 53.4. The van der Waals surface area contributed by atoms with Gasteiger partial charge < -0.3 is 4.52 Å². The fourth-order valence-corrected chi connectivity index (χ4v) is 10.8. The zero-order chi connectivity index (χ0) is 41.9. The summed E-state index contributed by atoms with van der Waals surface area (Å²) in [7, 11) is -5.02. The van der Waals surface area contributed by atoms with Crippen LogP contribution >= 0.6 is 16.5 Å². The molecule has 320 valence electrons. The SMILES string of the molecule is CC(C)(C)CC(C)(C)OP(=O)(OC(C)(C)CC(C)(C)C)OC(C)(C)CC(C)(C)C.CCCCCCCCc1cccc(O[PH2]=O)c1CCCCCCCC. The van der Waals surface area contributed by atoms with Gasteiger partial charge in [0.05, 0.1) is 16.8 Å².